The van der Waals surface area contributed by atoms with Gasteiger partial charge in [0.25, 0.3) is 0 Å². The van der Waals surface area contributed by atoms with E-state index in [1.807, 2.05) is 13.8 Å². The van der Waals surface area contributed by atoms with Gasteiger partial charge in [0.05, 0.1) is 0 Å². The van der Waals surface area contributed by atoms with Crippen molar-refractivity contribution in [1.82, 2.24) is 0 Å². The van der Waals surface area contributed by atoms with Crippen LogP contribution in [0.1, 0.15) is 79.1 Å². The van der Waals surface area contributed by atoms with E-state index < -0.39 is 0 Å². The van der Waals surface area contributed by atoms with E-state index in [0.29, 0.717) is 5.71 Å². The summed E-state index contributed by atoms with van der Waals surface area (Å²) in [5, 5.41) is 8.61. The first-order chi connectivity index (χ1) is 9.58. The minimum absolute atomic E-state index is 0.0541. The molecule has 1 aliphatic rings. The number of Topliss-reactive ketones (excluding diaryl/α,β-unsaturated/α-hetero) is 1. The molecule has 0 N–H and O–H groups in total. The van der Waals surface area contributed by atoms with Gasteiger partial charge in [-0.25, -0.2) is 0 Å². The number of carbonyl (C=O) groups is 1. The Bertz CT molecular complexity index is 365. The second-order valence-corrected chi connectivity index (χ2v) is 6.13. The van der Waals surface area contributed by atoms with Gasteiger partial charge in [-0.2, -0.15) is 10.2 Å². The third kappa shape index (κ3) is 5.56. The van der Waals surface area contributed by atoms with Crippen molar-refractivity contribution >= 4 is 17.2 Å². The average molecular weight is 278 g/mol. The Hall–Kier alpha value is -0.990. The Morgan fingerprint density at radius 2 is 1.85 bits per heavy atom. The van der Waals surface area contributed by atoms with Crippen LogP contribution in [0.5, 0.6) is 0 Å². The molecule has 0 saturated heterocycles. The molecule has 114 valence electrons. The molecule has 20 heavy (non-hydrogen) atoms. The van der Waals surface area contributed by atoms with E-state index in [2.05, 4.69) is 17.1 Å². The fraction of sp³-hybridized carbons (Fsp3) is 0.824. The molecule has 0 heterocycles. The lowest BCUT2D eigenvalue weighted by molar-refractivity contribution is -0.116. The van der Waals surface area contributed by atoms with Crippen LogP contribution in [0.3, 0.4) is 0 Å². The lowest BCUT2D eigenvalue weighted by Gasteiger charge is -2.10. The van der Waals surface area contributed by atoms with Crippen molar-refractivity contribution in [3.05, 3.63) is 0 Å². The van der Waals surface area contributed by atoms with Gasteiger partial charge in [-0.05, 0) is 32.1 Å². The van der Waals surface area contributed by atoms with Gasteiger partial charge in [-0.3, -0.25) is 4.79 Å². The highest BCUT2D eigenvalue weighted by Crippen LogP contribution is 2.28. The first kappa shape index (κ1) is 17.1. The molecule has 0 aromatic rings. The Kier molecular flexibility index (Phi) is 7.71. The van der Waals surface area contributed by atoms with Crippen molar-refractivity contribution in [3.63, 3.8) is 0 Å². The summed E-state index contributed by atoms with van der Waals surface area (Å²) in [4.78, 5) is 12.0. The molecular weight excluding hydrogens is 248 g/mol. The van der Waals surface area contributed by atoms with Crippen molar-refractivity contribution in [2.45, 2.75) is 79.1 Å². The van der Waals surface area contributed by atoms with E-state index in [1.54, 1.807) is 6.92 Å². The minimum atomic E-state index is 0.0541. The number of hydrogen-bond acceptors (Lipinski definition) is 3. The van der Waals surface area contributed by atoms with E-state index in [9.17, 15) is 4.79 Å². The molecule has 1 saturated carbocycles. The zero-order valence-corrected chi connectivity index (χ0v) is 13.6. The zero-order chi connectivity index (χ0) is 15.0. The zero-order valence-electron chi connectivity index (χ0n) is 13.6. The van der Waals surface area contributed by atoms with Gasteiger partial charge in [0, 0.05) is 11.6 Å². The average Bonchev–Trinajstić information content (AvgIpc) is 2.95. The number of hydrogen-bond donors (Lipinski definition) is 0. The van der Waals surface area contributed by atoms with E-state index >= 15 is 0 Å². The van der Waals surface area contributed by atoms with E-state index in [4.69, 9.17) is 0 Å². The lowest BCUT2D eigenvalue weighted by atomic mass is 9.98. The molecule has 1 aliphatic carbocycles. The predicted molar refractivity (Wildman–Crippen MR) is 86.5 cm³/mol. The molecule has 1 atom stereocenters. The highest BCUT2D eigenvalue weighted by molar-refractivity contribution is 6.39. The van der Waals surface area contributed by atoms with Crippen LogP contribution in [-0.2, 0) is 4.79 Å². The predicted octanol–water partition coefficient (Wildman–Crippen LogP) is 4.80. The summed E-state index contributed by atoms with van der Waals surface area (Å²) in [6.07, 6.45) is 9.41. The second-order valence-electron chi connectivity index (χ2n) is 6.13. The summed E-state index contributed by atoms with van der Waals surface area (Å²) < 4.78 is 0. The van der Waals surface area contributed by atoms with Crippen LogP contribution < -0.4 is 0 Å². The third-order valence-electron chi connectivity index (χ3n) is 4.30. The van der Waals surface area contributed by atoms with Crippen LogP contribution in [0.4, 0.5) is 0 Å². The highest BCUT2D eigenvalue weighted by atomic mass is 16.1. The third-order valence-corrected chi connectivity index (χ3v) is 4.30. The van der Waals surface area contributed by atoms with Gasteiger partial charge >= 0.3 is 0 Å². The number of rotatable bonds is 8. The van der Waals surface area contributed by atoms with E-state index in [-0.39, 0.29) is 11.7 Å². The molecular formula is C17H30N2O. The Labute approximate surface area is 123 Å². The van der Waals surface area contributed by atoms with Gasteiger partial charge in [0.2, 0.25) is 0 Å². The summed E-state index contributed by atoms with van der Waals surface area (Å²) in [6, 6.07) is 0. The van der Waals surface area contributed by atoms with E-state index in [1.165, 1.54) is 31.4 Å². The maximum atomic E-state index is 12.0. The van der Waals surface area contributed by atoms with Crippen molar-refractivity contribution in [1.29, 1.82) is 0 Å². The van der Waals surface area contributed by atoms with Crippen LogP contribution in [0.15, 0.2) is 10.2 Å². The maximum absolute atomic E-state index is 12.0. The van der Waals surface area contributed by atoms with Crippen molar-refractivity contribution < 1.29 is 4.79 Å². The number of ketones is 1. The first-order valence-corrected chi connectivity index (χ1v) is 8.22. The quantitative estimate of drug-likeness (QED) is 0.464. The molecule has 1 fully saturated rings. The van der Waals surface area contributed by atoms with Gasteiger partial charge in [0.1, 0.15) is 5.71 Å². The SMILES string of the molecule is CCC/C(CC1CCCC1)=N\N=C(/C)C(=O)C(C)CC. The van der Waals surface area contributed by atoms with Gasteiger partial charge < -0.3 is 0 Å². The van der Waals surface area contributed by atoms with Crippen LogP contribution in [0.25, 0.3) is 0 Å². The second kappa shape index (κ2) is 9.04. The van der Waals surface area contributed by atoms with Crippen molar-refractivity contribution in [3.8, 4) is 0 Å². The molecule has 0 aromatic carbocycles. The summed E-state index contributed by atoms with van der Waals surface area (Å²) in [6.45, 7) is 7.94. The Morgan fingerprint density at radius 1 is 1.20 bits per heavy atom. The normalized spacial score (nSPS) is 19.4. The maximum Gasteiger partial charge on any atom is 0.181 e. The first-order valence-electron chi connectivity index (χ1n) is 8.22. The Balaban J connectivity index is 2.66. The minimum Gasteiger partial charge on any atom is -0.292 e. The Morgan fingerprint density at radius 3 is 2.40 bits per heavy atom. The number of nitrogens with zero attached hydrogens (tertiary/aromatic N) is 2. The summed E-state index contributed by atoms with van der Waals surface area (Å²) in [5.74, 6) is 0.979. The van der Waals surface area contributed by atoms with Gasteiger partial charge in [0.15, 0.2) is 5.78 Å². The fourth-order valence-electron chi connectivity index (χ4n) is 2.77. The molecule has 1 rings (SSSR count). The van der Waals surface area contributed by atoms with Crippen LogP contribution in [-0.4, -0.2) is 17.2 Å². The standard InChI is InChI=1S/C17H30N2O/c1-5-9-16(12-15-10-7-8-11-15)19-18-14(4)17(20)13(3)6-2/h13,15H,5-12H2,1-4H3/b18-14+,19-16+. The number of carbonyl (C=O) groups excluding carboxylic acids is 1. The topological polar surface area (TPSA) is 41.8 Å². The van der Waals surface area contributed by atoms with Gasteiger partial charge in [-0.1, -0.05) is 52.9 Å². The van der Waals surface area contributed by atoms with Crippen LogP contribution in [0, 0.1) is 11.8 Å². The van der Waals surface area contributed by atoms with Gasteiger partial charge in [-0.15, -0.1) is 0 Å². The molecule has 3 heteroatoms. The van der Waals surface area contributed by atoms with Crippen LogP contribution >= 0.6 is 0 Å². The molecule has 0 spiro atoms. The fourth-order valence-corrected chi connectivity index (χ4v) is 2.77. The summed E-state index contributed by atoms with van der Waals surface area (Å²) >= 11 is 0. The molecule has 0 aromatic heterocycles. The smallest absolute Gasteiger partial charge is 0.181 e. The summed E-state index contributed by atoms with van der Waals surface area (Å²) in [7, 11) is 0. The molecule has 0 amide bonds. The molecule has 0 aliphatic heterocycles. The lowest BCUT2D eigenvalue weighted by Crippen LogP contribution is -2.18. The highest BCUT2D eigenvalue weighted by Gasteiger charge is 2.17. The van der Waals surface area contributed by atoms with Crippen molar-refractivity contribution in [2.24, 2.45) is 22.0 Å². The van der Waals surface area contributed by atoms with E-state index in [0.717, 1.165) is 31.6 Å². The largest absolute Gasteiger partial charge is 0.292 e. The monoisotopic (exact) mass is 278 g/mol. The van der Waals surface area contributed by atoms with Crippen LogP contribution in [0.2, 0.25) is 0 Å². The summed E-state index contributed by atoms with van der Waals surface area (Å²) in [5.41, 5.74) is 1.73. The molecule has 3 nitrogen and oxygen atoms in total. The molecule has 1 unspecified atom stereocenters. The molecule has 0 radical (unpaired) electrons. The van der Waals surface area contributed by atoms with Crippen molar-refractivity contribution in [2.75, 3.05) is 0 Å². The molecule has 0 bridgehead atoms.